The Kier molecular flexibility index (Phi) is 2.18. The molecule has 0 aliphatic heterocycles. The van der Waals surface area contributed by atoms with E-state index in [2.05, 4.69) is 27.9 Å². The van der Waals surface area contributed by atoms with Gasteiger partial charge in [-0.05, 0) is 11.4 Å². The van der Waals surface area contributed by atoms with Gasteiger partial charge in [0.05, 0.1) is 5.39 Å². The van der Waals surface area contributed by atoms with E-state index in [-0.39, 0.29) is 0 Å². The van der Waals surface area contributed by atoms with E-state index in [1.54, 1.807) is 23.9 Å². The molecule has 0 amide bonds. The Morgan fingerprint density at radius 2 is 2.31 bits per heavy atom. The van der Waals surface area contributed by atoms with Crippen molar-refractivity contribution in [2.45, 2.75) is 13.3 Å². The first kappa shape index (κ1) is 9.47. The molecule has 0 saturated carbocycles. The molecule has 3 aromatic heterocycles. The molecule has 0 radical (unpaired) electrons. The van der Waals surface area contributed by atoms with E-state index in [4.69, 9.17) is 0 Å². The summed E-state index contributed by atoms with van der Waals surface area (Å²) in [5.41, 5.74) is 0. The summed E-state index contributed by atoms with van der Waals surface area (Å²) in [5, 5.41) is 3.12. The van der Waals surface area contributed by atoms with Crippen LogP contribution in [0.15, 0.2) is 30.2 Å². The molecule has 0 aliphatic rings. The highest BCUT2D eigenvalue weighted by atomic mass is 32.1. The van der Waals surface area contributed by atoms with Gasteiger partial charge < -0.3 is 0 Å². The van der Waals surface area contributed by atoms with Crippen LogP contribution in [-0.4, -0.2) is 19.5 Å². The maximum Gasteiger partial charge on any atom is 0.150 e. The predicted molar refractivity (Wildman–Crippen MR) is 63.9 cm³/mol. The normalized spacial score (nSPS) is 11.1. The van der Waals surface area contributed by atoms with Crippen LogP contribution < -0.4 is 0 Å². The molecule has 0 unspecified atom stereocenters. The van der Waals surface area contributed by atoms with Crippen LogP contribution in [0, 0.1) is 0 Å². The van der Waals surface area contributed by atoms with Crippen molar-refractivity contribution in [2.24, 2.45) is 0 Å². The Morgan fingerprint density at radius 1 is 1.38 bits per heavy atom. The minimum atomic E-state index is 0.843. The first-order valence-electron chi connectivity index (χ1n) is 5.11. The lowest BCUT2D eigenvalue weighted by atomic mass is 10.3. The molecule has 3 rings (SSSR count). The number of imidazole rings is 1. The SMILES string of the molecule is CCc1nc(-n2ccnc2)c2ccsc2n1. The zero-order chi connectivity index (χ0) is 11.0. The molecule has 4 nitrogen and oxygen atoms in total. The number of aryl methyl sites for hydroxylation is 1. The third-order valence-electron chi connectivity index (χ3n) is 2.42. The summed E-state index contributed by atoms with van der Waals surface area (Å²) in [6.07, 6.45) is 6.26. The van der Waals surface area contributed by atoms with Crippen molar-refractivity contribution in [3.8, 4) is 5.82 Å². The number of thiophene rings is 1. The standard InChI is InChI=1S/C11H10N4S/c1-2-9-13-10(15-5-4-12-7-15)8-3-6-16-11(8)14-9/h3-7H,2H2,1H3. The van der Waals surface area contributed by atoms with Gasteiger partial charge in [-0.25, -0.2) is 15.0 Å². The fourth-order valence-corrected chi connectivity index (χ4v) is 2.40. The maximum atomic E-state index is 4.55. The highest BCUT2D eigenvalue weighted by Crippen LogP contribution is 2.24. The smallest absolute Gasteiger partial charge is 0.150 e. The first-order chi connectivity index (χ1) is 7.88. The van der Waals surface area contributed by atoms with Crippen LogP contribution in [0.4, 0.5) is 0 Å². The average Bonchev–Trinajstić information content (AvgIpc) is 2.98. The summed E-state index contributed by atoms with van der Waals surface area (Å²) in [6.45, 7) is 2.06. The number of hydrogen-bond donors (Lipinski definition) is 0. The van der Waals surface area contributed by atoms with Crippen molar-refractivity contribution in [3.63, 3.8) is 0 Å². The van der Waals surface area contributed by atoms with Crippen LogP contribution in [0.25, 0.3) is 16.0 Å². The zero-order valence-electron chi connectivity index (χ0n) is 8.79. The van der Waals surface area contributed by atoms with E-state index in [0.29, 0.717) is 0 Å². The van der Waals surface area contributed by atoms with Crippen LogP contribution in [0.2, 0.25) is 0 Å². The first-order valence-corrected chi connectivity index (χ1v) is 5.99. The van der Waals surface area contributed by atoms with Crippen molar-refractivity contribution in [1.29, 1.82) is 0 Å². The third kappa shape index (κ3) is 1.40. The topological polar surface area (TPSA) is 43.6 Å². The Balaban J connectivity index is 2.33. The Morgan fingerprint density at radius 3 is 3.06 bits per heavy atom. The molecule has 0 spiro atoms. The monoisotopic (exact) mass is 230 g/mol. The second-order valence-corrected chi connectivity index (χ2v) is 4.32. The molecule has 3 heterocycles. The van der Waals surface area contributed by atoms with Crippen LogP contribution >= 0.6 is 11.3 Å². The molecule has 0 N–H and O–H groups in total. The van der Waals surface area contributed by atoms with Crippen molar-refractivity contribution in [2.75, 3.05) is 0 Å². The van der Waals surface area contributed by atoms with E-state index >= 15 is 0 Å². The van der Waals surface area contributed by atoms with E-state index in [0.717, 1.165) is 28.3 Å². The summed E-state index contributed by atoms with van der Waals surface area (Å²) in [4.78, 5) is 14.1. The Labute approximate surface area is 96.6 Å². The second kappa shape index (κ2) is 3.68. The predicted octanol–water partition coefficient (Wildman–Crippen LogP) is 2.44. The summed E-state index contributed by atoms with van der Waals surface area (Å²) in [7, 11) is 0. The fourth-order valence-electron chi connectivity index (χ4n) is 1.62. The molecule has 16 heavy (non-hydrogen) atoms. The number of hydrogen-bond acceptors (Lipinski definition) is 4. The van der Waals surface area contributed by atoms with Gasteiger partial charge in [0, 0.05) is 18.8 Å². The van der Waals surface area contributed by atoms with Crippen LogP contribution in [0.3, 0.4) is 0 Å². The molecular weight excluding hydrogens is 220 g/mol. The van der Waals surface area contributed by atoms with E-state index < -0.39 is 0 Å². The lowest BCUT2D eigenvalue weighted by molar-refractivity contribution is 0.911. The molecule has 0 atom stereocenters. The molecular formula is C11H10N4S. The van der Waals surface area contributed by atoms with Crippen molar-refractivity contribution in [3.05, 3.63) is 36.0 Å². The third-order valence-corrected chi connectivity index (χ3v) is 3.22. The van der Waals surface area contributed by atoms with Gasteiger partial charge in [0.25, 0.3) is 0 Å². The highest BCUT2D eigenvalue weighted by molar-refractivity contribution is 7.16. The second-order valence-electron chi connectivity index (χ2n) is 3.43. The van der Waals surface area contributed by atoms with Gasteiger partial charge in [-0.2, -0.15) is 0 Å². The molecule has 0 saturated heterocycles. The molecule has 0 aliphatic carbocycles. The van der Waals surface area contributed by atoms with Crippen LogP contribution in [-0.2, 0) is 6.42 Å². The largest absolute Gasteiger partial charge is 0.290 e. The van der Waals surface area contributed by atoms with Gasteiger partial charge in [0.15, 0.2) is 0 Å². The van der Waals surface area contributed by atoms with Crippen LogP contribution in [0.5, 0.6) is 0 Å². The number of nitrogens with zero attached hydrogens (tertiary/aromatic N) is 4. The number of fused-ring (bicyclic) bond motifs is 1. The molecule has 0 fully saturated rings. The van der Waals surface area contributed by atoms with E-state index in [9.17, 15) is 0 Å². The molecule has 0 aromatic carbocycles. The molecule has 3 aromatic rings. The molecule has 0 bridgehead atoms. The van der Waals surface area contributed by atoms with Gasteiger partial charge >= 0.3 is 0 Å². The van der Waals surface area contributed by atoms with Crippen molar-refractivity contribution >= 4 is 21.6 Å². The lowest BCUT2D eigenvalue weighted by Gasteiger charge is -2.04. The van der Waals surface area contributed by atoms with E-state index in [1.165, 1.54) is 0 Å². The minimum absolute atomic E-state index is 0.843. The van der Waals surface area contributed by atoms with Crippen LogP contribution in [0.1, 0.15) is 12.7 Å². The van der Waals surface area contributed by atoms with E-state index in [1.807, 2.05) is 16.1 Å². The van der Waals surface area contributed by atoms with Crippen molar-refractivity contribution in [1.82, 2.24) is 19.5 Å². The van der Waals surface area contributed by atoms with Crippen molar-refractivity contribution < 1.29 is 0 Å². The van der Waals surface area contributed by atoms with Gasteiger partial charge in [-0.1, -0.05) is 6.92 Å². The minimum Gasteiger partial charge on any atom is -0.290 e. The lowest BCUT2D eigenvalue weighted by Crippen LogP contribution is -2.00. The summed E-state index contributed by atoms with van der Waals surface area (Å²) in [6, 6.07) is 2.05. The quantitative estimate of drug-likeness (QED) is 0.679. The fraction of sp³-hybridized carbons (Fsp3) is 0.182. The number of aromatic nitrogens is 4. The summed E-state index contributed by atoms with van der Waals surface area (Å²) in [5.74, 6) is 1.79. The average molecular weight is 230 g/mol. The molecule has 5 heteroatoms. The summed E-state index contributed by atoms with van der Waals surface area (Å²) >= 11 is 1.64. The van der Waals surface area contributed by atoms with Gasteiger partial charge in [-0.3, -0.25) is 4.57 Å². The summed E-state index contributed by atoms with van der Waals surface area (Å²) < 4.78 is 1.93. The van der Waals surface area contributed by atoms with Gasteiger partial charge in [-0.15, -0.1) is 11.3 Å². The Bertz CT molecular complexity index is 612. The zero-order valence-corrected chi connectivity index (χ0v) is 9.61. The maximum absolute atomic E-state index is 4.55. The number of rotatable bonds is 2. The highest BCUT2D eigenvalue weighted by Gasteiger charge is 2.08. The molecule has 80 valence electrons. The van der Waals surface area contributed by atoms with Gasteiger partial charge in [0.2, 0.25) is 0 Å². The Hall–Kier alpha value is -1.75. The van der Waals surface area contributed by atoms with Gasteiger partial charge in [0.1, 0.15) is 22.8 Å².